The summed E-state index contributed by atoms with van der Waals surface area (Å²) in [6.07, 6.45) is 4.02. The lowest BCUT2D eigenvalue weighted by molar-refractivity contribution is -0.138. The molecule has 23 heavy (non-hydrogen) atoms. The van der Waals surface area contributed by atoms with Crippen LogP contribution in [0, 0.1) is 5.92 Å². The highest BCUT2D eigenvalue weighted by molar-refractivity contribution is 7.09. The fourth-order valence-electron chi connectivity index (χ4n) is 3.25. The van der Waals surface area contributed by atoms with Gasteiger partial charge in [0, 0.05) is 24.6 Å². The Balaban J connectivity index is 1.98. The van der Waals surface area contributed by atoms with Gasteiger partial charge in [0.2, 0.25) is 5.91 Å². The summed E-state index contributed by atoms with van der Waals surface area (Å²) in [7, 11) is 1.85. The number of thiazole rings is 1. The Hall–Kier alpha value is -0.980. The van der Waals surface area contributed by atoms with Crippen molar-refractivity contribution in [1.82, 2.24) is 9.88 Å². The summed E-state index contributed by atoms with van der Waals surface area (Å²) in [4.78, 5) is 19.1. The van der Waals surface area contributed by atoms with E-state index in [0.29, 0.717) is 13.2 Å². The molecule has 1 amide bonds. The number of carbonyl (C=O) groups is 1. The summed E-state index contributed by atoms with van der Waals surface area (Å²) >= 11 is 1.59. The first-order valence-corrected chi connectivity index (χ1v) is 9.33. The van der Waals surface area contributed by atoms with Gasteiger partial charge in [-0.05, 0) is 33.6 Å². The van der Waals surface area contributed by atoms with E-state index in [1.54, 1.807) is 16.2 Å². The third kappa shape index (κ3) is 4.52. The third-order valence-corrected chi connectivity index (χ3v) is 5.72. The molecule has 0 saturated heterocycles. The number of ether oxygens (including phenoxy) is 1. The number of nitrogens with zero attached hydrogens (tertiary/aromatic N) is 2. The fourth-order valence-corrected chi connectivity index (χ4v) is 4.07. The molecule has 1 aliphatic rings. The van der Waals surface area contributed by atoms with Crippen LogP contribution in [0.5, 0.6) is 0 Å². The van der Waals surface area contributed by atoms with Crippen LogP contribution in [-0.2, 0) is 16.1 Å². The van der Waals surface area contributed by atoms with Gasteiger partial charge in [-0.1, -0.05) is 12.8 Å². The van der Waals surface area contributed by atoms with Gasteiger partial charge in [0.25, 0.3) is 0 Å². The first kappa shape index (κ1) is 18.4. The topological polar surface area (TPSA) is 68.5 Å². The zero-order chi connectivity index (χ0) is 17.0. The quantitative estimate of drug-likeness (QED) is 0.864. The first-order valence-electron chi connectivity index (χ1n) is 8.45. The van der Waals surface area contributed by atoms with Crippen molar-refractivity contribution in [3.63, 3.8) is 0 Å². The molecule has 0 aromatic carbocycles. The molecular formula is C17H29N3O2S. The van der Waals surface area contributed by atoms with Crippen LogP contribution >= 0.6 is 11.3 Å². The molecule has 1 saturated carbocycles. The van der Waals surface area contributed by atoms with E-state index in [-0.39, 0.29) is 23.5 Å². The van der Waals surface area contributed by atoms with E-state index >= 15 is 0 Å². The smallest absolute Gasteiger partial charge is 0.227 e. The Bertz CT molecular complexity index is 530. The predicted octanol–water partition coefficient (Wildman–Crippen LogP) is 3.11. The van der Waals surface area contributed by atoms with Gasteiger partial charge in [0.15, 0.2) is 0 Å². The van der Waals surface area contributed by atoms with Gasteiger partial charge < -0.3 is 15.4 Å². The highest BCUT2D eigenvalue weighted by atomic mass is 32.1. The highest BCUT2D eigenvalue weighted by Gasteiger charge is 2.39. The summed E-state index contributed by atoms with van der Waals surface area (Å²) < 4.78 is 5.57. The molecule has 3 atom stereocenters. The third-order valence-electron chi connectivity index (χ3n) is 4.66. The van der Waals surface area contributed by atoms with Gasteiger partial charge >= 0.3 is 0 Å². The SMILES string of the molecule is CCOC(C)c1nc(CN(C)C(=O)C2CCCCC2(C)N)cs1. The molecule has 0 bridgehead atoms. The van der Waals surface area contributed by atoms with Gasteiger partial charge in [-0.2, -0.15) is 0 Å². The molecule has 1 heterocycles. The Morgan fingerprint density at radius 2 is 2.35 bits per heavy atom. The Kier molecular flexibility index (Phi) is 6.17. The maximum atomic E-state index is 12.8. The highest BCUT2D eigenvalue weighted by Crippen LogP contribution is 2.33. The van der Waals surface area contributed by atoms with Crippen LogP contribution in [0.1, 0.15) is 63.3 Å². The van der Waals surface area contributed by atoms with Crippen molar-refractivity contribution >= 4 is 17.2 Å². The Morgan fingerprint density at radius 3 is 3.00 bits per heavy atom. The Labute approximate surface area is 143 Å². The molecule has 0 spiro atoms. The zero-order valence-corrected chi connectivity index (χ0v) is 15.5. The van der Waals surface area contributed by atoms with Gasteiger partial charge in [-0.25, -0.2) is 4.98 Å². The molecule has 1 aliphatic carbocycles. The number of nitrogens with two attached hydrogens (primary N) is 1. The monoisotopic (exact) mass is 339 g/mol. The lowest BCUT2D eigenvalue weighted by atomic mass is 9.74. The Morgan fingerprint density at radius 1 is 1.61 bits per heavy atom. The normalized spacial score (nSPS) is 26.0. The minimum absolute atomic E-state index is 0.00503. The van der Waals surface area contributed by atoms with E-state index in [0.717, 1.165) is 36.4 Å². The van der Waals surface area contributed by atoms with Crippen molar-refractivity contribution in [2.75, 3.05) is 13.7 Å². The van der Waals surface area contributed by atoms with Crippen LogP contribution in [0.4, 0.5) is 0 Å². The van der Waals surface area contributed by atoms with E-state index in [9.17, 15) is 4.79 Å². The second-order valence-electron chi connectivity index (χ2n) is 6.77. The van der Waals surface area contributed by atoms with Crippen LogP contribution < -0.4 is 5.73 Å². The molecule has 0 radical (unpaired) electrons. The number of hydrogen-bond acceptors (Lipinski definition) is 5. The van der Waals surface area contributed by atoms with Crippen LogP contribution in [-0.4, -0.2) is 35.0 Å². The molecule has 130 valence electrons. The molecule has 6 heteroatoms. The summed E-state index contributed by atoms with van der Waals surface area (Å²) in [6.45, 7) is 7.19. The molecule has 1 aromatic rings. The fraction of sp³-hybridized carbons (Fsp3) is 0.765. The summed E-state index contributed by atoms with van der Waals surface area (Å²) in [6, 6.07) is 0. The van der Waals surface area contributed by atoms with Crippen molar-refractivity contribution in [3.8, 4) is 0 Å². The van der Waals surface area contributed by atoms with E-state index in [2.05, 4.69) is 4.98 Å². The molecule has 2 N–H and O–H groups in total. The van der Waals surface area contributed by atoms with E-state index in [4.69, 9.17) is 10.5 Å². The minimum atomic E-state index is -0.389. The van der Waals surface area contributed by atoms with Crippen LogP contribution in [0.25, 0.3) is 0 Å². The maximum absolute atomic E-state index is 12.8. The summed E-state index contributed by atoms with van der Waals surface area (Å²) in [5, 5.41) is 2.97. The number of hydrogen-bond donors (Lipinski definition) is 1. The molecule has 0 aliphatic heterocycles. The zero-order valence-electron chi connectivity index (χ0n) is 14.7. The predicted molar refractivity (Wildman–Crippen MR) is 93.2 cm³/mol. The molecule has 1 aromatic heterocycles. The van der Waals surface area contributed by atoms with Crippen molar-refractivity contribution < 1.29 is 9.53 Å². The molecule has 5 nitrogen and oxygen atoms in total. The number of aromatic nitrogens is 1. The van der Waals surface area contributed by atoms with Crippen LogP contribution in [0.2, 0.25) is 0 Å². The van der Waals surface area contributed by atoms with Gasteiger partial charge in [-0.3, -0.25) is 4.79 Å². The number of amides is 1. The standard InChI is InChI=1S/C17H29N3O2S/c1-5-22-12(2)15-19-13(11-23-15)10-20(4)16(21)14-8-6-7-9-17(14,3)18/h11-12,14H,5-10,18H2,1-4H3. The summed E-state index contributed by atoms with van der Waals surface area (Å²) in [5.74, 6) is 0.0591. The van der Waals surface area contributed by atoms with E-state index in [1.807, 2.05) is 33.2 Å². The van der Waals surface area contributed by atoms with Crippen LogP contribution in [0.3, 0.4) is 0 Å². The lowest BCUT2D eigenvalue weighted by Crippen LogP contribution is -2.53. The van der Waals surface area contributed by atoms with E-state index in [1.165, 1.54) is 0 Å². The number of rotatable bonds is 6. The molecule has 3 unspecified atom stereocenters. The van der Waals surface area contributed by atoms with Crippen molar-refractivity contribution in [3.05, 3.63) is 16.1 Å². The van der Waals surface area contributed by atoms with Crippen molar-refractivity contribution in [2.45, 2.75) is 64.6 Å². The molecular weight excluding hydrogens is 310 g/mol. The van der Waals surface area contributed by atoms with E-state index < -0.39 is 0 Å². The van der Waals surface area contributed by atoms with Crippen molar-refractivity contribution in [2.24, 2.45) is 11.7 Å². The van der Waals surface area contributed by atoms with Crippen molar-refractivity contribution in [1.29, 1.82) is 0 Å². The number of carbonyl (C=O) groups excluding carboxylic acids is 1. The second kappa shape index (κ2) is 7.73. The van der Waals surface area contributed by atoms with Gasteiger partial charge in [0.1, 0.15) is 11.1 Å². The molecule has 2 rings (SSSR count). The first-order chi connectivity index (χ1) is 10.8. The summed E-state index contributed by atoms with van der Waals surface area (Å²) in [5.41, 5.74) is 6.88. The minimum Gasteiger partial charge on any atom is -0.372 e. The van der Waals surface area contributed by atoms with Crippen LogP contribution in [0.15, 0.2) is 5.38 Å². The second-order valence-corrected chi connectivity index (χ2v) is 7.66. The molecule has 1 fully saturated rings. The largest absolute Gasteiger partial charge is 0.372 e. The van der Waals surface area contributed by atoms with Gasteiger partial charge in [-0.15, -0.1) is 11.3 Å². The van der Waals surface area contributed by atoms with Gasteiger partial charge in [0.05, 0.1) is 18.2 Å². The average molecular weight is 340 g/mol. The average Bonchev–Trinajstić information content (AvgIpc) is 2.95. The lowest BCUT2D eigenvalue weighted by Gasteiger charge is -2.39. The maximum Gasteiger partial charge on any atom is 0.227 e.